The summed E-state index contributed by atoms with van der Waals surface area (Å²) in [5, 5.41) is 0. The van der Waals surface area contributed by atoms with Crippen LogP contribution in [0.25, 0.3) is 0 Å². The van der Waals surface area contributed by atoms with Gasteiger partial charge in [-0.05, 0) is 6.42 Å². The van der Waals surface area contributed by atoms with Crippen molar-refractivity contribution in [3.05, 3.63) is 0 Å². The Labute approximate surface area is 240 Å². The Hall–Kier alpha value is 0.850. The molecule has 0 fully saturated rings. The van der Waals surface area contributed by atoms with Crippen LogP contribution in [-0.2, 0) is 19.9 Å². The number of nitrogens with zero attached hydrogens (tertiary/aromatic N) is 1. The Bertz CT molecular complexity index is 563. The van der Waals surface area contributed by atoms with Crippen molar-refractivity contribution < 1.29 is 22.6 Å². The second kappa shape index (κ2) is 25.0. The zero-order chi connectivity index (χ0) is 22.7. The molecule has 0 atom stereocenters. The Morgan fingerprint density at radius 1 is 0.688 bits per heavy atom. The molecule has 0 aromatic carbocycles. The molecule has 182 valence electrons. The molecule has 7 nitrogen and oxygen atoms in total. The molecule has 0 radical (unpaired) electrons. The SMILES string of the molecule is CCCCCCCCCCCCCCCCCCN(C(=O)CCC(N)=O)S(=O)(=O)O.[NaH].[NaH]. The van der Waals surface area contributed by atoms with Gasteiger partial charge in [-0.3, -0.25) is 14.1 Å². The first-order chi connectivity index (χ1) is 14.3. The fourth-order valence-electron chi connectivity index (χ4n) is 3.53. The summed E-state index contributed by atoms with van der Waals surface area (Å²) in [6.07, 6.45) is 18.7. The molecule has 0 aromatic heterocycles. The molecule has 0 saturated heterocycles. The van der Waals surface area contributed by atoms with E-state index in [1.807, 2.05) is 0 Å². The topological polar surface area (TPSA) is 118 Å². The molecule has 0 saturated carbocycles. The fourth-order valence-corrected chi connectivity index (χ4v) is 4.24. The van der Waals surface area contributed by atoms with Gasteiger partial charge in [0.15, 0.2) is 0 Å². The molecule has 32 heavy (non-hydrogen) atoms. The van der Waals surface area contributed by atoms with Gasteiger partial charge in [-0.15, -0.1) is 0 Å². The summed E-state index contributed by atoms with van der Waals surface area (Å²) in [5.41, 5.74) is 4.97. The Morgan fingerprint density at radius 2 is 1.03 bits per heavy atom. The van der Waals surface area contributed by atoms with Crippen molar-refractivity contribution in [2.24, 2.45) is 5.73 Å². The van der Waals surface area contributed by atoms with E-state index in [9.17, 15) is 22.6 Å². The number of rotatable bonds is 21. The van der Waals surface area contributed by atoms with Crippen LogP contribution in [0.15, 0.2) is 0 Å². The van der Waals surface area contributed by atoms with Crippen molar-refractivity contribution in [1.29, 1.82) is 0 Å². The molecular weight excluding hydrogens is 450 g/mol. The number of carbonyl (C=O) groups is 2. The average molecular weight is 497 g/mol. The van der Waals surface area contributed by atoms with E-state index in [0.29, 0.717) is 10.7 Å². The predicted molar refractivity (Wildman–Crippen MR) is 136 cm³/mol. The van der Waals surface area contributed by atoms with Crippen LogP contribution in [0.2, 0.25) is 0 Å². The summed E-state index contributed by atoms with van der Waals surface area (Å²) in [6, 6.07) is 0. The number of amides is 2. The van der Waals surface area contributed by atoms with Crippen molar-refractivity contribution >= 4 is 81.2 Å². The van der Waals surface area contributed by atoms with E-state index in [4.69, 9.17) is 5.73 Å². The second-order valence-electron chi connectivity index (χ2n) is 8.21. The quantitative estimate of drug-likeness (QED) is 0.142. The van der Waals surface area contributed by atoms with Gasteiger partial charge in [-0.1, -0.05) is 103 Å². The van der Waals surface area contributed by atoms with Gasteiger partial charge in [0.25, 0.3) is 0 Å². The van der Waals surface area contributed by atoms with E-state index in [0.717, 1.165) is 19.3 Å². The van der Waals surface area contributed by atoms with E-state index in [-0.39, 0.29) is 78.5 Å². The monoisotopic (exact) mass is 496 g/mol. The Kier molecular flexibility index (Phi) is 29.2. The third-order valence-electron chi connectivity index (χ3n) is 5.36. The molecular formula is C22H46N2Na2O5S. The molecule has 10 heteroatoms. The summed E-state index contributed by atoms with van der Waals surface area (Å²) >= 11 is 0. The van der Waals surface area contributed by atoms with Crippen LogP contribution < -0.4 is 5.73 Å². The van der Waals surface area contributed by atoms with Crippen molar-refractivity contribution in [2.75, 3.05) is 6.54 Å². The van der Waals surface area contributed by atoms with Crippen LogP contribution in [0, 0.1) is 0 Å². The third-order valence-corrected chi connectivity index (χ3v) is 6.30. The second-order valence-corrected chi connectivity index (χ2v) is 9.55. The molecule has 2 amide bonds. The fraction of sp³-hybridized carbons (Fsp3) is 0.909. The van der Waals surface area contributed by atoms with E-state index < -0.39 is 22.1 Å². The van der Waals surface area contributed by atoms with Crippen molar-refractivity contribution in [1.82, 2.24) is 4.31 Å². The average Bonchev–Trinajstić information content (AvgIpc) is 2.67. The van der Waals surface area contributed by atoms with Crippen LogP contribution in [0.4, 0.5) is 0 Å². The minimum absolute atomic E-state index is 0. The Balaban J connectivity index is -0.00000420. The van der Waals surface area contributed by atoms with Gasteiger partial charge in [-0.2, -0.15) is 8.42 Å². The number of hydrogen-bond donors (Lipinski definition) is 2. The third kappa shape index (κ3) is 24.0. The van der Waals surface area contributed by atoms with Crippen molar-refractivity contribution in [2.45, 2.75) is 122 Å². The number of hydrogen-bond acceptors (Lipinski definition) is 4. The predicted octanol–water partition coefficient (Wildman–Crippen LogP) is 3.85. The number of carbonyl (C=O) groups excluding carboxylic acids is 2. The van der Waals surface area contributed by atoms with E-state index in [1.54, 1.807) is 0 Å². The van der Waals surface area contributed by atoms with Gasteiger partial charge in [0.05, 0.1) is 0 Å². The number of nitrogens with two attached hydrogens (primary N) is 1. The van der Waals surface area contributed by atoms with Gasteiger partial charge in [0.1, 0.15) is 0 Å². The zero-order valence-corrected chi connectivity index (χ0v) is 19.8. The van der Waals surface area contributed by atoms with E-state index in [1.165, 1.54) is 77.0 Å². The molecule has 0 aliphatic carbocycles. The normalized spacial score (nSPS) is 10.8. The van der Waals surface area contributed by atoms with Crippen LogP contribution in [0.1, 0.15) is 122 Å². The molecule has 0 unspecified atom stereocenters. The summed E-state index contributed by atoms with van der Waals surface area (Å²) in [5.74, 6) is -1.47. The molecule has 0 heterocycles. The number of unbranched alkanes of at least 4 members (excludes halogenated alkanes) is 15. The first-order valence-electron chi connectivity index (χ1n) is 11.8. The molecule has 0 aliphatic rings. The maximum absolute atomic E-state index is 11.9. The summed E-state index contributed by atoms with van der Waals surface area (Å²) < 4.78 is 32.4. The summed E-state index contributed by atoms with van der Waals surface area (Å²) in [6.45, 7) is 2.19. The van der Waals surface area contributed by atoms with Gasteiger partial charge in [0.2, 0.25) is 11.8 Å². The molecule has 3 N–H and O–H groups in total. The van der Waals surface area contributed by atoms with Crippen LogP contribution in [0.3, 0.4) is 0 Å². The standard InChI is InChI=1S/C22H44N2O5S.2Na.2H/c1-2-3-4-5-6-7-8-9-10-11-12-13-14-15-16-17-20-24(30(27,28)29)22(26)19-18-21(23)25;;;;/h2-20H2,1H3,(H2,23,25)(H,27,28,29);;;;. The zero-order valence-electron chi connectivity index (χ0n) is 18.9. The molecule has 0 rings (SSSR count). The van der Waals surface area contributed by atoms with Gasteiger partial charge in [0, 0.05) is 19.4 Å². The van der Waals surface area contributed by atoms with Crippen molar-refractivity contribution in [3.8, 4) is 0 Å². The van der Waals surface area contributed by atoms with E-state index >= 15 is 0 Å². The van der Waals surface area contributed by atoms with Gasteiger partial charge >= 0.3 is 69.4 Å². The van der Waals surface area contributed by atoms with Crippen LogP contribution >= 0.6 is 0 Å². The molecule has 0 aromatic rings. The molecule has 0 aliphatic heterocycles. The molecule has 0 spiro atoms. The van der Waals surface area contributed by atoms with Gasteiger partial charge < -0.3 is 5.73 Å². The first-order valence-corrected chi connectivity index (χ1v) is 13.2. The van der Waals surface area contributed by atoms with Crippen LogP contribution in [0.5, 0.6) is 0 Å². The Morgan fingerprint density at radius 3 is 1.34 bits per heavy atom. The molecule has 0 bridgehead atoms. The van der Waals surface area contributed by atoms with Gasteiger partial charge in [-0.25, -0.2) is 4.31 Å². The maximum atomic E-state index is 11.9. The van der Waals surface area contributed by atoms with Crippen LogP contribution in [-0.4, -0.2) is 94.7 Å². The first kappa shape index (κ1) is 37.4. The van der Waals surface area contributed by atoms with E-state index in [2.05, 4.69) is 6.92 Å². The summed E-state index contributed by atoms with van der Waals surface area (Å²) in [7, 11) is -4.60. The number of primary amides is 1. The minimum atomic E-state index is -4.60. The van der Waals surface area contributed by atoms with Crippen molar-refractivity contribution in [3.63, 3.8) is 0 Å². The summed E-state index contributed by atoms with van der Waals surface area (Å²) in [4.78, 5) is 22.6.